The number of carbonyl (C=O) groups is 1. The standard InChI is InChI=1S/C32H41N5O4/c1-21-13-24(15-28(38)36(21)2)41-20-31-16-32(17-31,18-35-27-6-4-5-26-25(27)11-12-34-30(26)33)37(19-31)29(39)14-22-7-9-23(40-3)10-8-22/h4-6,11-13,15,22-23,35H,7-10,14,16-20H2,1-3H3,(H2,33,34). The van der Waals surface area contributed by atoms with Crippen molar-refractivity contribution in [2.45, 2.75) is 63.5 Å². The molecule has 218 valence electrons. The normalized spacial score (nSPS) is 27.0. The number of carbonyl (C=O) groups excluding carboxylic acids is 1. The summed E-state index contributed by atoms with van der Waals surface area (Å²) in [5.41, 5.74) is 7.52. The summed E-state index contributed by atoms with van der Waals surface area (Å²) in [6.07, 6.45) is 8.48. The van der Waals surface area contributed by atoms with Gasteiger partial charge in [-0.3, -0.25) is 9.59 Å². The number of methoxy groups -OCH3 is 1. The Labute approximate surface area is 241 Å². The van der Waals surface area contributed by atoms with Crippen LogP contribution in [0, 0.1) is 18.3 Å². The van der Waals surface area contributed by atoms with Crippen LogP contribution >= 0.6 is 0 Å². The Morgan fingerprint density at radius 1 is 1.15 bits per heavy atom. The maximum atomic E-state index is 13.9. The lowest BCUT2D eigenvalue weighted by Gasteiger charge is -2.48. The van der Waals surface area contributed by atoms with E-state index in [1.807, 2.05) is 31.2 Å². The molecule has 9 heteroatoms. The lowest BCUT2D eigenvalue weighted by molar-refractivity contribution is -0.136. The van der Waals surface area contributed by atoms with Gasteiger partial charge in [-0.2, -0.15) is 0 Å². The lowest BCUT2D eigenvalue weighted by atomic mass is 9.62. The Kier molecular flexibility index (Phi) is 7.18. The Bertz CT molecular complexity index is 1500. The fraction of sp³-hybridized carbons (Fsp3) is 0.531. The van der Waals surface area contributed by atoms with Crippen LogP contribution in [0.1, 0.15) is 50.6 Å². The Morgan fingerprint density at radius 3 is 2.66 bits per heavy atom. The number of hydrogen-bond acceptors (Lipinski definition) is 7. The van der Waals surface area contributed by atoms with Gasteiger partial charge in [-0.15, -0.1) is 0 Å². The third kappa shape index (κ3) is 5.16. The minimum absolute atomic E-state index is 0.0815. The Morgan fingerprint density at radius 2 is 1.93 bits per heavy atom. The minimum Gasteiger partial charge on any atom is -0.493 e. The van der Waals surface area contributed by atoms with Crippen molar-refractivity contribution >= 4 is 28.2 Å². The highest BCUT2D eigenvalue weighted by Gasteiger charge is 2.66. The first-order valence-electron chi connectivity index (χ1n) is 14.7. The summed E-state index contributed by atoms with van der Waals surface area (Å²) in [5, 5.41) is 5.61. The van der Waals surface area contributed by atoms with Crippen molar-refractivity contribution in [2.24, 2.45) is 18.4 Å². The van der Waals surface area contributed by atoms with Crippen LogP contribution in [-0.4, -0.2) is 58.8 Å². The maximum Gasteiger partial charge on any atom is 0.254 e. The van der Waals surface area contributed by atoms with Gasteiger partial charge < -0.3 is 30.0 Å². The van der Waals surface area contributed by atoms with Crippen molar-refractivity contribution in [3.05, 3.63) is 58.6 Å². The van der Waals surface area contributed by atoms with Crippen molar-refractivity contribution in [3.8, 4) is 5.75 Å². The predicted molar refractivity (Wildman–Crippen MR) is 160 cm³/mol. The number of hydrogen-bond donors (Lipinski definition) is 2. The number of benzene rings is 1. The molecule has 3 aromatic rings. The number of nitrogens with zero attached hydrogens (tertiary/aromatic N) is 3. The first-order chi connectivity index (χ1) is 19.7. The van der Waals surface area contributed by atoms with Gasteiger partial charge in [0.15, 0.2) is 0 Å². The molecule has 2 saturated heterocycles. The van der Waals surface area contributed by atoms with Gasteiger partial charge in [0.2, 0.25) is 5.91 Å². The van der Waals surface area contributed by atoms with Crippen LogP contribution in [0.5, 0.6) is 5.75 Å². The van der Waals surface area contributed by atoms with Crippen LogP contribution < -0.4 is 21.3 Å². The van der Waals surface area contributed by atoms with E-state index in [2.05, 4.69) is 21.3 Å². The second kappa shape index (κ2) is 10.7. The van der Waals surface area contributed by atoms with Gasteiger partial charge in [0.25, 0.3) is 5.56 Å². The van der Waals surface area contributed by atoms with E-state index in [4.69, 9.17) is 15.2 Å². The number of anilines is 2. The number of nitrogens with two attached hydrogens (primary N) is 1. The molecule has 4 fully saturated rings. The van der Waals surface area contributed by atoms with E-state index in [1.54, 1.807) is 31.0 Å². The second-order valence-electron chi connectivity index (χ2n) is 12.6. The van der Waals surface area contributed by atoms with E-state index in [9.17, 15) is 9.59 Å². The second-order valence-corrected chi connectivity index (χ2v) is 12.6. The molecule has 0 unspecified atom stereocenters. The van der Waals surface area contributed by atoms with E-state index < -0.39 is 0 Å². The van der Waals surface area contributed by atoms with Crippen molar-refractivity contribution in [1.29, 1.82) is 0 Å². The third-order valence-corrected chi connectivity index (χ3v) is 9.83. The van der Waals surface area contributed by atoms with E-state index in [1.165, 1.54) is 0 Å². The monoisotopic (exact) mass is 559 g/mol. The van der Waals surface area contributed by atoms with Gasteiger partial charge in [-0.1, -0.05) is 12.1 Å². The summed E-state index contributed by atoms with van der Waals surface area (Å²) in [6.45, 7) is 3.72. The molecule has 2 aliphatic heterocycles. The first-order valence-corrected chi connectivity index (χ1v) is 14.7. The molecule has 0 spiro atoms. The number of ether oxygens (including phenoxy) is 2. The lowest BCUT2D eigenvalue weighted by Crippen LogP contribution is -2.56. The molecule has 3 N–H and O–H groups in total. The zero-order valence-electron chi connectivity index (χ0n) is 24.3. The molecule has 4 aliphatic rings. The van der Waals surface area contributed by atoms with Gasteiger partial charge in [0, 0.05) is 73.5 Å². The largest absolute Gasteiger partial charge is 0.493 e. The molecule has 2 aliphatic carbocycles. The highest BCUT2D eigenvalue weighted by atomic mass is 16.5. The topological polar surface area (TPSA) is 112 Å². The van der Waals surface area contributed by atoms with Crippen LogP contribution in [0.2, 0.25) is 0 Å². The minimum atomic E-state index is -0.270. The smallest absolute Gasteiger partial charge is 0.254 e. The van der Waals surface area contributed by atoms with Gasteiger partial charge in [0.1, 0.15) is 11.6 Å². The molecular formula is C32H41N5O4. The van der Waals surface area contributed by atoms with Gasteiger partial charge in [-0.05, 0) is 69.6 Å². The average molecular weight is 560 g/mol. The molecule has 4 heterocycles. The van der Waals surface area contributed by atoms with Crippen molar-refractivity contribution in [2.75, 3.05) is 37.9 Å². The van der Waals surface area contributed by atoms with E-state index in [-0.39, 0.29) is 22.4 Å². The average Bonchev–Trinajstić information content (AvgIpc) is 3.45. The van der Waals surface area contributed by atoms with Crippen molar-refractivity contribution in [1.82, 2.24) is 14.5 Å². The van der Waals surface area contributed by atoms with Crippen LogP contribution in [0.3, 0.4) is 0 Å². The number of aryl methyl sites for hydroxylation is 1. The third-order valence-electron chi connectivity index (χ3n) is 9.83. The maximum absolute atomic E-state index is 13.9. The van der Waals surface area contributed by atoms with E-state index >= 15 is 0 Å². The zero-order chi connectivity index (χ0) is 28.8. The van der Waals surface area contributed by atoms with Crippen LogP contribution in [0.25, 0.3) is 10.8 Å². The van der Waals surface area contributed by atoms with Crippen LogP contribution in [0.15, 0.2) is 47.4 Å². The van der Waals surface area contributed by atoms with E-state index in [0.29, 0.717) is 49.7 Å². The van der Waals surface area contributed by atoms with Crippen LogP contribution in [0.4, 0.5) is 11.5 Å². The summed E-state index contributed by atoms with van der Waals surface area (Å²) in [7, 11) is 3.54. The summed E-state index contributed by atoms with van der Waals surface area (Å²) < 4.78 is 13.4. The fourth-order valence-electron chi connectivity index (χ4n) is 7.50. The number of nitrogen functional groups attached to an aromatic ring is 1. The number of fused-ring (bicyclic) bond motifs is 2. The zero-order valence-corrected chi connectivity index (χ0v) is 24.3. The Balaban J connectivity index is 1.20. The number of aromatic nitrogens is 2. The number of nitrogens with one attached hydrogen (secondary N) is 1. The number of pyridine rings is 2. The van der Waals surface area contributed by atoms with Gasteiger partial charge >= 0.3 is 0 Å². The molecule has 9 nitrogen and oxygen atoms in total. The SMILES string of the molecule is COC1CCC(CC(=O)N2CC3(COc4cc(C)n(C)c(=O)c4)CC2(CNc2cccc4c(N)nccc24)C3)CC1. The molecule has 7 rings (SSSR count). The molecule has 1 amide bonds. The number of amides is 1. The highest BCUT2D eigenvalue weighted by Crippen LogP contribution is 2.60. The molecule has 0 atom stereocenters. The van der Waals surface area contributed by atoms with Gasteiger partial charge in [0.05, 0.1) is 18.2 Å². The summed E-state index contributed by atoms with van der Waals surface area (Å²) >= 11 is 0. The Hall–Kier alpha value is -3.59. The summed E-state index contributed by atoms with van der Waals surface area (Å²) in [6, 6.07) is 11.5. The molecule has 1 aromatic carbocycles. The predicted octanol–water partition coefficient (Wildman–Crippen LogP) is 4.27. The fourth-order valence-corrected chi connectivity index (χ4v) is 7.50. The molecule has 0 radical (unpaired) electrons. The first kappa shape index (κ1) is 27.6. The molecular weight excluding hydrogens is 518 g/mol. The molecule has 41 heavy (non-hydrogen) atoms. The summed E-state index contributed by atoms with van der Waals surface area (Å²) in [4.78, 5) is 32.6. The molecule has 2 bridgehead atoms. The van der Waals surface area contributed by atoms with Crippen LogP contribution in [-0.2, 0) is 16.6 Å². The summed E-state index contributed by atoms with van der Waals surface area (Å²) in [5.74, 6) is 1.75. The quantitative estimate of drug-likeness (QED) is 0.403. The highest BCUT2D eigenvalue weighted by molar-refractivity contribution is 5.99. The van der Waals surface area contributed by atoms with E-state index in [0.717, 1.165) is 60.7 Å². The van der Waals surface area contributed by atoms with Crippen molar-refractivity contribution in [3.63, 3.8) is 0 Å². The number of rotatable bonds is 9. The van der Waals surface area contributed by atoms with Gasteiger partial charge in [-0.25, -0.2) is 4.98 Å². The van der Waals surface area contributed by atoms with Crippen molar-refractivity contribution < 1.29 is 14.3 Å². The molecule has 2 saturated carbocycles. The molecule has 2 aromatic heterocycles.